The van der Waals surface area contributed by atoms with Crippen molar-refractivity contribution in [2.75, 3.05) is 34.5 Å². The van der Waals surface area contributed by atoms with Crippen molar-refractivity contribution < 1.29 is 23.7 Å². The van der Waals surface area contributed by atoms with E-state index in [1.165, 1.54) is 49.7 Å². The van der Waals surface area contributed by atoms with Crippen LogP contribution in [0.1, 0.15) is 72.9 Å². The molecule has 4 rings (SSSR count). The van der Waals surface area contributed by atoms with Crippen LogP contribution in [-0.2, 0) is 17.6 Å². The number of rotatable bonds is 11. The number of hydrogen-bond donors (Lipinski definition) is 0. The largest absolute Gasteiger partial charge is 0.497 e. The Labute approximate surface area is 215 Å². The number of hydrogen-bond acceptors (Lipinski definition) is 6. The van der Waals surface area contributed by atoms with Gasteiger partial charge in [-0.1, -0.05) is 25.3 Å². The lowest BCUT2D eigenvalue weighted by molar-refractivity contribution is 0.0480. The van der Waals surface area contributed by atoms with Gasteiger partial charge in [0.1, 0.15) is 5.75 Å². The summed E-state index contributed by atoms with van der Waals surface area (Å²) < 4.78 is 21.6. The molecule has 2 aromatic carbocycles. The maximum Gasteiger partial charge on any atom is 0.338 e. The molecule has 1 saturated carbocycles. The van der Waals surface area contributed by atoms with Crippen molar-refractivity contribution >= 4 is 5.97 Å². The van der Waals surface area contributed by atoms with Gasteiger partial charge in [-0.25, -0.2) is 4.79 Å². The molecule has 36 heavy (non-hydrogen) atoms. The van der Waals surface area contributed by atoms with Gasteiger partial charge in [-0.2, -0.15) is 0 Å². The Morgan fingerprint density at radius 2 is 1.64 bits per heavy atom. The molecule has 0 heterocycles. The standard InChI is InChI=1S/C30H41NO5/c1-33-27-15-12-22-19-26(14-11-23(22)20-27)31(25-9-5-4-6-10-25)17-7-8-18-36-30(32)24-13-16-28(34-2)29(21-24)35-3/h12-13,15-16,20-21,25-26H,4-11,14,17-19H2,1-3H3. The summed E-state index contributed by atoms with van der Waals surface area (Å²) in [5.74, 6) is 1.77. The number of nitrogens with zero attached hydrogens (tertiary/aromatic N) is 1. The van der Waals surface area contributed by atoms with Crippen molar-refractivity contribution in [3.63, 3.8) is 0 Å². The average Bonchev–Trinajstić information content (AvgIpc) is 2.94. The van der Waals surface area contributed by atoms with Gasteiger partial charge in [-0.3, -0.25) is 4.90 Å². The van der Waals surface area contributed by atoms with Crippen LogP contribution in [-0.4, -0.2) is 57.4 Å². The number of esters is 1. The van der Waals surface area contributed by atoms with Gasteiger partial charge in [0.2, 0.25) is 0 Å². The van der Waals surface area contributed by atoms with Crippen LogP contribution < -0.4 is 14.2 Å². The number of fused-ring (bicyclic) bond motifs is 1. The molecule has 1 atom stereocenters. The molecule has 0 N–H and O–H groups in total. The normalized spacial score (nSPS) is 17.9. The first-order chi connectivity index (χ1) is 17.6. The Bertz CT molecular complexity index is 1000. The van der Waals surface area contributed by atoms with E-state index in [0.29, 0.717) is 35.8 Å². The molecule has 0 saturated heterocycles. The topological polar surface area (TPSA) is 57.2 Å². The Kier molecular flexibility index (Phi) is 9.51. The van der Waals surface area contributed by atoms with Crippen LogP contribution in [0.3, 0.4) is 0 Å². The lowest BCUT2D eigenvalue weighted by atomic mass is 9.85. The highest BCUT2D eigenvalue weighted by Crippen LogP contribution is 2.32. The first-order valence-corrected chi connectivity index (χ1v) is 13.4. The third kappa shape index (κ3) is 6.52. The van der Waals surface area contributed by atoms with E-state index in [9.17, 15) is 4.79 Å². The van der Waals surface area contributed by atoms with E-state index in [1.807, 2.05) is 0 Å². The summed E-state index contributed by atoms with van der Waals surface area (Å²) in [6.07, 6.45) is 12.0. The molecule has 2 aliphatic rings. The van der Waals surface area contributed by atoms with E-state index in [-0.39, 0.29) is 5.97 Å². The zero-order chi connectivity index (χ0) is 25.3. The molecular formula is C30H41NO5. The fraction of sp³-hybridized carbons (Fsp3) is 0.567. The van der Waals surface area contributed by atoms with E-state index in [1.54, 1.807) is 39.5 Å². The highest BCUT2D eigenvalue weighted by atomic mass is 16.5. The first kappa shape index (κ1) is 26.3. The Balaban J connectivity index is 1.30. The monoisotopic (exact) mass is 495 g/mol. The molecule has 0 radical (unpaired) electrons. The number of aryl methyl sites for hydroxylation is 1. The van der Waals surface area contributed by atoms with E-state index in [4.69, 9.17) is 18.9 Å². The predicted octanol–water partition coefficient (Wildman–Crippen LogP) is 5.84. The summed E-state index contributed by atoms with van der Waals surface area (Å²) in [5.41, 5.74) is 3.39. The van der Waals surface area contributed by atoms with E-state index in [0.717, 1.165) is 38.0 Å². The van der Waals surface area contributed by atoms with Gasteiger partial charge in [0.05, 0.1) is 33.5 Å². The Morgan fingerprint density at radius 1 is 0.833 bits per heavy atom. The molecule has 1 fully saturated rings. The summed E-state index contributed by atoms with van der Waals surface area (Å²) >= 11 is 0. The fourth-order valence-electron chi connectivity index (χ4n) is 5.81. The first-order valence-electron chi connectivity index (χ1n) is 13.4. The van der Waals surface area contributed by atoms with Gasteiger partial charge in [-0.15, -0.1) is 0 Å². The van der Waals surface area contributed by atoms with Crippen LogP contribution in [0, 0.1) is 0 Å². The van der Waals surface area contributed by atoms with Crippen molar-refractivity contribution in [2.45, 2.75) is 76.3 Å². The van der Waals surface area contributed by atoms with Crippen molar-refractivity contribution in [1.29, 1.82) is 0 Å². The number of carbonyl (C=O) groups excluding carboxylic acids is 1. The lowest BCUT2D eigenvalue weighted by Gasteiger charge is -2.42. The Morgan fingerprint density at radius 3 is 2.39 bits per heavy atom. The average molecular weight is 496 g/mol. The van der Waals surface area contributed by atoms with Gasteiger partial charge in [0.15, 0.2) is 11.5 Å². The van der Waals surface area contributed by atoms with Gasteiger partial charge in [0, 0.05) is 12.1 Å². The zero-order valence-electron chi connectivity index (χ0n) is 22.1. The maximum atomic E-state index is 12.5. The summed E-state index contributed by atoms with van der Waals surface area (Å²) in [6.45, 7) is 1.49. The molecule has 6 heteroatoms. The minimum absolute atomic E-state index is 0.320. The molecule has 0 aliphatic heterocycles. The minimum atomic E-state index is -0.320. The summed E-state index contributed by atoms with van der Waals surface area (Å²) in [5, 5.41) is 0. The summed E-state index contributed by atoms with van der Waals surface area (Å²) in [4.78, 5) is 15.3. The quantitative estimate of drug-likeness (QED) is 0.288. The molecule has 0 spiro atoms. The number of methoxy groups -OCH3 is 3. The van der Waals surface area contributed by atoms with Crippen molar-refractivity contribution in [1.82, 2.24) is 4.90 Å². The summed E-state index contributed by atoms with van der Waals surface area (Å²) in [6, 6.07) is 12.9. The highest BCUT2D eigenvalue weighted by Gasteiger charge is 2.30. The molecule has 0 aromatic heterocycles. The van der Waals surface area contributed by atoms with Crippen LogP contribution in [0.5, 0.6) is 17.2 Å². The zero-order valence-corrected chi connectivity index (χ0v) is 22.1. The maximum absolute atomic E-state index is 12.5. The van der Waals surface area contributed by atoms with E-state index >= 15 is 0 Å². The molecule has 2 aromatic rings. The van der Waals surface area contributed by atoms with Gasteiger partial charge in [0.25, 0.3) is 0 Å². The number of unbranched alkanes of at least 4 members (excludes halogenated alkanes) is 1. The predicted molar refractivity (Wildman–Crippen MR) is 141 cm³/mol. The molecule has 1 unspecified atom stereocenters. The van der Waals surface area contributed by atoms with Crippen molar-refractivity contribution in [2.24, 2.45) is 0 Å². The summed E-state index contributed by atoms with van der Waals surface area (Å²) in [7, 11) is 4.88. The highest BCUT2D eigenvalue weighted by molar-refractivity contribution is 5.90. The smallest absolute Gasteiger partial charge is 0.338 e. The van der Waals surface area contributed by atoms with Crippen LogP contribution in [0.2, 0.25) is 0 Å². The fourth-order valence-corrected chi connectivity index (χ4v) is 5.81. The van der Waals surface area contributed by atoms with Crippen LogP contribution in [0.4, 0.5) is 0 Å². The second-order valence-electron chi connectivity index (χ2n) is 9.97. The van der Waals surface area contributed by atoms with Gasteiger partial charge >= 0.3 is 5.97 Å². The lowest BCUT2D eigenvalue weighted by Crippen LogP contribution is -2.47. The van der Waals surface area contributed by atoms with E-state index in [2.05, 4.69) is 23.1 Å². The second kappa shape index (κ2) is 13.0. The molecule has 0 bridgehead atoms. The molecule has 0 amide bonds. The van der Waals surface area contributed by atoms with E-state index < -0.39 is 0 Å². The molecular weight excluding hydrogens is 454 g/mol. The van der Waals surface area contributed by atoms with Crippen LogP contribution in [0.25, 0.3) is 0 Å². The SMILES string of the molecule is COc1ccc2c(c1)CCC(N(CCCCOC(=O)c1ccc(OC)c(OC)c1)C1CCCCC1)C2. The van der Waals surface area contributed by atoms with Crippen molar-refractivity contribution in [3.8, 4) is 17.2 Å². The number of ether oxygens (including phenoxy) is 4. The number of carbonyl (C=O) groups is 1. The minimum Gasteiger partial charge on any atom is -0.497 e. The third-order valence-corrected chi connectivity index (χ3v) is 7.79. The second-order valence-corrected chi connectivity index (χ2v) is 9.97. The van der Waals surface area contributed by atoms with Gasteiger partial charge in [-0.05, 0) is 92.9 Å². The third-order valence-electron chi connectivity index (χ3n) is 7.79. The number of benzene rings is 2. The van der Waals surface area contributed by atoms with Crippen molar-refractivity contribution in [3.05, 3.63) is 53.1 Å². The van der Waals surface area contributed by atoms with Gasteiger partial charge < -0.3 is 18.9 Å². The molecule has 196 valence electrons. The molecule has 2 aliphatic carbocycles. The molecule has 6 nitrogen and oxygen atoms in total. The van der Waals surface area contributed by atoms with Crippen LogP contribution in [0.15, 0.2) is 36.4 Å². The van der Waals surface area contributed by atoms with Crippen LogP contribution >= 0.6 is 0 Å². The Hall–Kier alpha value is -2.73.